The summed E-state index contributed by atoms with van der Waals surface area (Å²) in [4.78, 5) is 27.6. The van der Waals surface area contributed by atoms with Gasteiger partial charge in [0.25, 0.3) is 5.91 Å². The van der Waals surface area contributed by atoms with Crippen molar-refractivity contribution in [3.05, 3.63) is 59.4 Å². The van der Waals surface area contributed by atoms with Crippen molar-refractivity contribution in [1.82, 2.24) is 15.2 Å². The summed E-state index contributed by atoms with van der Waals surface area (Å²) >= 11 is 0. The molecule has 0 bridgehead atoms. The minimum atomic E-state index is -0.470. The lowest BCUT2D eigenvalue weighted by molar-refractivity contribution is -0.133. The van der Waals surface area contributed by atoms with Gasteiger partial charge in [0, 0.05) is 38.2 Å². The number of amides is 3. The molecule has 0 fully saturated rings. The fraction of sp³-hybridized carbons (Fsp3) is 0.423. The maximum atomic E-state index is 13.6. The molecule has 10 heteroatoms. The number of hydrogen-bond acceptors (Lipinski definition) is 6. The first-order valence-electron chi connectivity index (χ1n) is 11.8. The highest BCUT2D eigenvalue weighted by Crippen LogP contribution is 2.36. The molecule has 1 aliphatic rings. The highest BCUT2D eigenvalue weighted by Gasteiger charge is 2.35. The van der Waals surface area contributed by atoms with Crippen molar-refractivity contribution in [3.63, 3.8) is 0 Å². The number of halogens is 1. The third-order valence-corrected chi connectivity index (χ3v) is 5.85. The maximum Gasteiger partial charge on any atom is 0.317 e. The van der Waals surface area contributed by atoms with E-state index in [1.54, 1.807) is 38.5 Å². The second-order valence-corrected chi connectivity index (χ2v) is 8.27. The van der Waals surface area contributed by atoms with Crippen molar-refractivity contribution in [3.8, 4) is 11.5 Å². The zero-order valence-corrected chi connectivity index (χ0v) is 21.1. The highest BCUT2D eigenvalue weighted by molar-refractivity contribution is 6.05. The number of hydrogen-bond donors (Lipinski definition) is 1. The summed E-state index contributed by atoms with van der Waals surface area (Å²) in [6.07, 6.45) is 1.16. The summed E-state index contributed by atoms with van der Waals surface area (Å²) in [5, 5.41) is 8.83. The number of hydrazone groups is 1. The number of urea groups is 1. The van der Waals surface area contributed by atoms with E-state index in [-0.39, 0.29) is 37.5 Å². The quantitative estimate of drug-likeness (QED) is 0.509. The van der Waals surface area contributed by atoms with Crippen molar-refractivity contribution < 1.29 is 28.2 Å². The van der Waals surface area contributed by atoms with E-state index in [2.05, 4.69) is 10.4 Å². The Bertz CT molecular complexity index is 1080. The minimum Gasteiger partial charge on any atom is -0.497 e. The molecule has 1 atom stereocenters. The topological polar surface area (TPSA) is 92.7 Å². The Labute approximate surface area is 210 Å². The molecule has 0 unspecified atom stereocenters. The first kappa shape index (κ1) is 26.9. The van der Waals surface area contributed by atoms with Crippen molar-refractivity contribution in [2.24, 2.45) is 5.10 Å². The summed E-state index contributed by atoms with van der Waals surface area (Å²) < 4.78 is 29.6. The molecular formula is C26H33FN4O5. The molecule has 1 N–H and O–H groups in total. The fourth-order valence-corrected chi connectivity index (χ4v) is 3.92. The van der Waals surface area contributed by atoms with Crippen LogP contribution in [0.4, 0.5) is 9.18 Å². The number of benzene rings is 2. The smallest absolute Gasteiger partial charge is 0.317 e. The molecule has 3 amide bonds. The molecule has 0 saturated heterocycles. The lowest BCUT2D eigenvalue weighted by atomic mass is 9.97. The van der Waals surface area contributed by atoms with Crippen molar-refractivity contribution in [2.75, 3.05) is 47.6 Å². The molecule has 194 valence electrons. The standard InChI is InChI=1S/C26H33FN4O5/c1-5-12-28-26(33)30(13-14-34-2)17-25(32)31-23(18-6-8-19(27)9-7-18)16-22(29-31)21-11-10-20(35-3)15-24(21)36-4/h6-11,15,23H,5,12-14,16-17H2,1-4H3,(H,28,33)/t23-/m0/s1. The van der Waals surface area contributed by atoms with Crippen LogP contribution in [-0.2, 0) is 9.53 Å². The molecule has 0 radical (unpaired) electrons. The summed E-state index contributed by atoms with van der Waals surface area (Å²) in [5.74, 6) is 0.450. The van der Waals surface area contributed by atoms with Gasteiger partial charge >= 0.3 is 6.03 Å². The van der Waals surface area contributed by atoms with E-state index in [4.69, 9.17) is 14.2 Å². The predicted octanol–water partition coefficient (Wildman–Crippen LogP) is 3.59. The normalized spacial score (nSPS) is 14.9. The van der Waals surface area contributed by atoms with E-state index in [0.717, 1.165) is 17.5 Å². The predicted molar refractivity (Wildman–Crippen MR) is 134 cm³/mol. The number of rotatable bonds is 11. The molecule has 2 aromatic rings. The average molecular weight is 501 g/mol. The van der Waals surface area contributed by atoms with Gasteiger partial charge in [-0.3, -0.25) is 4.79 Å². The van der Waals surface area contributed by atoms with Gasteiger partial charge in [0.15, 0.2) is 0 Å². The monoisotopic (exact) mass is 500 g/mol. The Hall–Kier alpha value is -3.66. The van der Waals surface area contributed by atoms with Gasteiger partial charge in [0.05, 0.1) is 32.6 Å². The Morgan fingerprint density at radius 3 is 2.53 bits per heavy atom. The summed E-state index contributed by atoms with van der Waals surface area (Å²) in [6.45, 7) is 2.79. The van der Waals surface area contributed by atoms with Crippen molar-refractivity contribution >= 4 is 17.6 Å². The Balaban J connectivity index is 1.93. The molecular weight excluding hydrogens is 467 g/mol. The molecule has 0 spiro atoms. The van der Waals surface area contributed by atoms with Gasteiger partial charge in [0.2, 0.25) is 0 Å². The van der Waals surface area contributed by atoms with Crippen molar-refractivity contribution in [2.45, 2.75) is 25.8 Å². The second kappa shape index (κ2) is 12.9. The lowest BCUT2D eigenvalue weighted by Gasteiger charge is -2.27. The Morgan fingerprint density at radius 2 is 1.89 bits per heavy atom. The van der Waals surface area contributed by atoms with Crippen molar-refractivity contribution in [1.29, 1.82) is 0 Å². The molecule has 0 aromatic heterocycles. The first-order chi connectivity index (χ1) is 17.4. The van der Waals surface area contributed by atoms with Crippen LogP contribution in [0.3, 0.4) is 0 Å². The van der Waals surface area contributed by atoms with Gasteiger partial charge in [-0.2, -0.15) is 5.10 Å². The van der Waals surface area contributed by atoms with E-state index < -0.39 is 6.04 Å². The maximum absolute atomic E-state index is 13.6. The molecule has 0 aliphatic carbocycles. The molecule has 0 saturated carbocycles. The Kier molecular flexibility index (Phi) is 9.63. The molecule has 2 aromatic carbocycles. The zero-order chi connectivity index (χ0) is 26.1. The van der Waals surface area contributed by atoms with E-state index >= 15 is 0 Å². The molecule has 3 rings (SSSR count). The van der Waals surface area contributed by atoms with Gasteiger partial charge in [-0.25, -0.2) is 14.2 Å². The van der Waals surface area contributed by atoms with Gasteiger partial charge in [0.1, 0.15) is 23.9 Å². The second-order valence-electron chi connectivity index (χ2n) is 8.27. The van der Waals surface area contributed by atoms with E-state index in [9.17, 15) is 14.0 Å². The number of nitrogens with zero attached hydrogens (tertiary/aromatic N) is 3. The number of carbonyl (C=O) groups excluding carboxylic acids is 2. The number of nitrogens with one attached hydrogen (secondary N) is 1. The number of ether oxygens (including phenoxy) is 3. The highest BCUT2D eigenvalue weighted by atomic mass is 19.1. The van der Waals surface area contributed by atoms with Crippen LogP contribution in [-0.4, -0.2) is 75.1 Å². The van der Waals surface area contributed by atoms with Crippen LogP contribution >= 0.6 is 0 Å². The summed E-state index contributed by atoms with van der Waals surface area (Å²) in [6, 6.07) is 10.5. The van der Waals surface area contributed by atoms with Crippen LogP contribution in [0, 0.1) is 5.82 Å². The lowest BCUT2D eigenvalue weighted by Crippen LogP contribution is -2.47. The third kappa shape index (κ3) is 6.51. The number of carbonyl (C=O) groups is 2. The van der Waals surface area contributed by atoms with Crippen LogP contribution in [0.1, 0.15) is 36.9 Å². The Morgan fingerprint density at radius 1 is 1.14 bits per heavy atom. The SMILES string of the molecule is CCCNC(=O)N(CCOC)CC(=O)N1N=C(c2ccc(OC)cc2OC)C[C@H]1c1ccc(F)cc1. The summed E-state index contributed by atoms with van der Waals surface area (Å²) in [7, 11) is 4.66. The average Bonchev–Trinajstić information content (AvgIpc) is 3.34. The molecule has 36 heavy (non-hydrogen) atoms. The molecule has 1 aliphatic heterocycles. The van der Waals surface area contributed by atoms with Gasteiger partial charge in [-0.15, -0.1) is 0 Å². The van der Waals surface area contributed by atoms with Gasteiger partial charge in [-0.05, 0) is 36.2 Å². The van der Waals surface area contributed by atoms with E-state index in [1.165, 1.54) is 29.2 Å². The van der Waals surface area contributed by atoms with Crippen LogP contribution in [0.15, 0.2) is 47.6 Å². The molecule has 9 nitrogen and oxygen atoms in total. The van der Waals surface area contributed by atoms with Crippen LogP contribution < -0.4 is 14.8 Å². The third-order valence-electron chi connectivity index (χ3n) is 5.85. The first-order valence-corrected chi connectivity index (χ1v) is 11.8. The van der Waals surface area contributed by atoms with E-state index in [1.807, 2.05) is 13.0 Å². The number of methoxy groups -OCH3 is 3. The molecule has 1 heterocycles. The minimum absolute atomic E-state index is 0.187. The summed E-state index contributed by atoms with van der Waals surface area (Å²) in [5.41, 5.74) is 2.09. The van der Waals surface area contributed by atoms with Gasteiger partial charge in [-0.1, -0.05) is 19.1 Å². The van der Waals surface area contributed by atoms with Crippen LogP contribution in [0.5, 0.6) is 11.5 Å². The van der Waals surface area contributed by atoms with E-state index in [0.29, 0.717) is 30.2 Å². The van der Waals surface area contributed by atoms with Gasteiger partial charge < -0.3 is 24.4 Å². The fourth-order valence-electron chi connectivity index (χ4n) is 3.92. The van der Waals surface area contributed by atoms with Crippen LogP contribution in [0.25, 0.3) is 0 Å². The largest absolute Gasteiger partial charge is 0.497 e. The zero-order valence-electron chi connectivity index (χ0n) is 21.1. The van der Waals surface area contributed by atoms with Crippen LogP contribution in [0.2, 0.25) is 0 Å².